The van der Waals surface area contributed by atoms with Crippen LogP contribution in [0.25, 0.3) is 0 Å². The van der Waals surface area contributed by atoms with E-state index in [9.17, 15) is 4.79 Å². The van der Waals surface area contributed by atoms with E-state index in [1.165, 1.54) is 27.0 Å². The second-order valence-electron chi connectivity index (χ2n) is 6.94. The van der Waals surface area contributed by atoms with Crippen LogP contribution in [0.15, 0.2) is 23.3 Å². The number of benzene rings is 1. The van der Waals surface area contributed by atoms with Gasteiger partial charge in [-0.2, -0.15) is 5.10 Å². The topological polar surface area (TPSA) is 74.1 Å². The standard InChI is InChI=1S/C21H29N3O4/c1-13(2)12-24-14(3)8-17(15(24)4)11-22-23-21(25)16-9-18(26-5)20(28-7)19(10-16)27-6/h8-11,13H,12H2,1-7H3,(H,23,25)/b22-11-. The molecule has 0 aliphatic rings. The highest BCUT2D eigenvalue weighted by Gasteiger charge is 2.17. The average Bonchev–Trinajstić information content (AvgIpc) is 2.93. The van der Waals surface area contributed by atoms with Crippen LogP contribution < -0.4 is 19.6 Å². The van der Waals surface area contributed by atoms with E-state index in [0.717, 1.165) is 17.8 Å². The lowest BCUT2D eigenvalue weighted by atomic mass is 10.1. The maximum absolute atomic E-state index is 12.5. The van der Waals surface area contributed by atoms with Gasteiger partial charge in [0, 0.05) is 29.1 Å². The number of nitrogens with zero attached hydrogens (tertiary/aromatic N) is 2. The van der Waals surface area contributed by atoms with E-state index in [1.54, 1.807) is 18.3 Å². The number of methoxy groups -OCH3 is 3. The number of nitrogens with one attached hydrogen (secondary N) is 1. The van der Waals surface area contributed by atoms with Crippen molar-refractivity contribution in [3.8, 4) is 17.2 Å². The molecular formula is C21H29N3O4. The molecule has 7 nitrogen and oxygen atoms in total. The highest BCUT2D eigenvalue weighted by atomic mass is 16.5. The highest BCUT2D eigenvalue weighted by molar-refractivity contribution is 5.96. The second kappa shape index (κ2) is 9.30. The monoisotopic (exact) mass is 387 g/mol. The molecule has 1 aromatic heterocycles. The summed E-state index contributed by atoms with van der Waals surface area (Å²) in [6, 6.07) is 5.23. The average molecular weight is 387 g/mol. The fraction of sp³-hybridized carbons (Fsp3) is 0.429. The number of carbonyl (C=O) groups is 1. The van der Waals surface area contributed by atoms with Crippen LogP contribution >= 0.6 is 0 Å². The van der Waals surface area contributed by atoms with E-state index in [-0.39, 0.29) is 5.91 Å². The van der Waals surface area contributed by atoms with Gasteiger partial charge in [0.1, 0.15) is 0 Å². The van der Waals surface area contributed by atoms with Crippen molar-refractivity contribution >= 4 is 12.1 Å². The van der Waals surface area contributed by atoms with Gasteiger partial charge in [0.15, 0.2) is 11.5 Å². The molecule has 0 aliphatic heterocycles. The lowest BCUT2D eigenvalue weighted by Gasteiger charge is -2.13. The predicted octanol–water partition coefficient (Wildman–Crippen LogP) is 3.55. The second-order valence-corrected chi connectivity index (χ2v) is 6.94. The SMILES string of the molecule is COc1cc(C(=O)N/N=C\c2cc(C)n(CC(C)C)c2C)cc(OC)c1OC. The summed E-state index contributed by atoms with van der Waals surface area (Å²) >= 11 is 0. The first-order chi connectivity index (χ1) is 13.3. The van der Waals surface area contributed by atoms with Crippen molar-refractivity contribution in [2.75, 3.05) is 21.3 Å². The van der Waals surface area contributed by atoms with Crippen LogP contribution in [0.1, 0.15) is 41.2 Å². The number of hydrogen-bond donors (Lipinski definition) is 1. The van der Waals surface area contributed by atoms with Gasteiger partial charge >= 0.3 is 0 Å². The third-order valence-electron chi connectivity index (χ3n) is 4.46. The van der Waals surface area contributed by atoms with Crippen molar-refractivity contribution in [2.45, 2.75) is 34.2 Å². The predicted molar refractivity (Wildman–Crippen MR) is 110 cm³/mol. The van der Waals surface area contributed by atoms with E-state index >= 15 is 0 Å². The molecule has 0 fully saturated rings. The Labute approximate surface area is 166 Å². The van der Waals surface area contributed by atoms with Gasteiger partial charge in [0.25, 0.3) is 5.91 Å². The van der Waals surface area contributed by atoms with Crippen molar-refractivity contribution in [3.63, 3.8) is 0 Å². The van der Waals surface area contributed by atoms with Crippen LogP contribution in [0.2, 0.25) is 0 Å². The Morgan fingerprint density at radius 1 is 1.11 bits per heavy atom. The molecule has 152 valence electrons. The van der Waals surface area contributed by atoms with E-state index in [1.807, 2.05) is 0 Å². The van der Waals surface area contributed by atoms with Gasteiger partial charge in [-0.25, -0.2) is 5.43 Å². The van der Waals surface area contributed by atoms with Crippen LogP contribution in [-0.2, 0) is 6.54 Å². The lowest BCUT2D eigenvalue weighted by Crippen LogP contribution is -2.18. The molecule has 2 aromatic rings. The van der Waals surface area contributed by atoms with Gasteiger partial charge in [-0.1, -0.05) is 13.8 Å². The Bertz CT molecular complexity index is 844. The van der Waals surface area contributed by atoms with E-state index in [2.05, 4.69) is 48.9 Å². The summed E-state index contributed by atoms with van der Waals surface area (Å²) in [7, 11) is 4.52. The number of hydrazone groups is 1. The van der Waals surface area contributed by atoms with Gasteiger partial charge in [0.05, 0.1) is 27.5 Å². The fourth-order valence-corrected chi connectivity index (χ4v) is 3.04. The number of aryl methyl sites for hydroxylation is 1. The van der Waals surface area contributed by atoms with Gasteiger partial charge in [-0.15, -0.1) is 0 Å². The number of amides is 1. The minimum absolute atomic E-state index is 0.358. The van der Waals surface area contributed by atoms with E-state index in [0.29, 0.717) is 28.7 Å². The summed E-state index contributed by atoms with van der Waals surface area (Å²) in [6.45, 7) is 9.44. The molecular weight excluding hydrogens is 358 g/mol. The third-order valence-corrected chi connectivity index (χ3v) is 4.46. The van der Waals surface area contributed by atoms with Gasteiger partial charge < -0.3 is 18.8 Å². The number of aromatic nitrogens is 1. The normalized spacial score (nSPS) is 11.1. The number of ether oxygens (including phenoxy) is 3. The minimum atomic E-state index is -0.369. The summed E-state index contributed by atoms with van der Waals surface area (Å²) in [4.78, 5) is 12.5. The number of carbonyl (C=O) groups excluding carboxylic acids is 1. The number of rotatable bonds is 8. The molecule has 1 N–H and O–H groups in total. The molecule has 0 bridgehead atoms. The summed E-state index contributed by atoms with van der Waals surface area (Å²) < 4.78 is 18.1. The van der Waals surface area contributed by atoms with Crippen LogP contribution in [0, 0.1) is 19.8 Å². The zero-order chi connectivity index (χ0) is 20.8. The van der Waals surface area contributed by atoms with Gasteiger partial charge in [0.2, 0.25) is 5.75 Å². The van der Waals surface area contributed by atoms with Crippen molar-refractivity contribution in [3.05, 3.63) is 40.7 Å². The zero-order valence-corrected chi connectivity index (χ0v) is 17.6. The minimum Gasteiger partial charge on any atom is -0.493 e. The molecule has 2 rings (SSSR count). The van der Waals surface area contributed by atoms with Crippen molar-refractivity contribution in [1.82, 2.24) is 9.99 Å². The lowest BCUT2D eigenvalue weighted by molar-refractivity contribution is 0.0954. The zero-order valence-electron chi connectivity index (χ0n) is 17.6. The highest BCUT2D eigenvalue weighted by Crippen LogP contribution is 2.38. The molecule has 28 heavy (non-hydrogen) atoms. The van der Waals surface area contributed by atoms with Gasteiger partial charge in [-0.05, 0) is 38.0 Å². The Kier molecular flexibility index (Phi) is 7.09. The van der Waals surface area contributed by atoms with Crippen LogP contribution in [0.3, 0.4) is 0 Å². The molecule has 0 unspecified atom stereocenters. The van der Waals surface area contributed by atoms with Crippen molar-refractivity contribution in [1.29, 1.82) is 0 Å². The summed E-state index contributed by atoms with van der Waals surface area (Å²) in [5, 5.41) is 4.12. The molecule has 0 radical (unpaired) electrons. The summed E-state index contributed by atoms with van der Waals surface area (Å²) in [6.07, 6.45) is 1.66. The molecule has 1 amide bonds. The molecule has 0 saturated heterocycles. The summed E-state index contributed by atoms with van der Waals surface area (Å²) in [5.41, 5.74) is 6.18. The fourth-order valence-electron chi connectivity index (χ4n) is 3.04. The molecule has 0 spiro atoms. The third kappa shape index (κ3) is 4.65. The Balaban J connectivity index is 2.18. The van der Waals surface area contributed by atoms with Crippen LogP contribution in [0.4, 0.5) is 0 Å². The van der Waals surface area contributed by atoms with E-state index < -0.39 is 0 Å². The molecule has 1 aromatic carbocycles. The largest absolute Gasteiger partial charge is 0.493 e. The molecule has 0 atom stereocenters. The van der Waals surface area contributed by atoms with Crippen LogP contribution in [0.5, 0.6) is 17.2 Å². The smallest absolute Gasteiger partial charge is 0.271 e. The first-order valence-corrected chi connectivity index (χ1v) is 9.12. The molecule has 0 aliphatic carbocycles. The Morgan fingerprint density at radius 3 is 2.21 bits per heavy atom. The van der Waals surface area contributed by atoms with Crippen molar-refractivity contribution < 1.29 is 19.0 Å². The Hall–Kier alpha value is -2.96. The van der Waals surface area contributed by atoms with Crippen LogP contribution in [-0.4, -0.2) is 38.0 Å². The number of hydrogen-bond acceptors (Lipinski definition) is 5. The Morgan fingerprint density at radius 2 is 1.71 bits per heavy atom. The maximum Gasteiger partial charge on any atom is 0.271 e. The molecule has 0 saturated carbocycles. The first-order valence-electron chi connectivity index (χ1n) is 9.12. The van der Waals surface area contributed by atoms with E-state index in [4.69, 9.17) is 14.2 Å². The molecule has 7 heteroatoms. The summed E-state index contributed by atoms with van der Waals surface area (Å²) in [5.74, 6) is 1.44. The first kappa shape index (κ1) is 21.3. The van der Waals surface area contributed by atoms with Gasteiger partial charge in [-0.3, -0.25) is 4.79 Å². The maximum atomic E-state index is 12.5. The van der Waals surface area contributed by atoms with Crippen molar-refractivity contribution in [2.24, 2.45) is 11.0 Å². The molecule has 1 heterocycles. The quantitative estimate of drug-likeness (QED) is 0.555.